The van der Waals surface area contributed by atoms with E-state index in [1.807, 2.05) is 0 Å². The number of rotatable bonds is 12. The van der Waals surface area contributed by atoms with Crippen molar-refractivity contribution in [2.75, 3.05) is 38.9 Å². The van der Waals surface area contributed by atoms with Gasteiger partial charge in [0.15, 0.2) is 5.69 Å². The summed E-state index contributed by atoms with van der Waals surface area (Å²) in [7, 11) is -1.79. The molecule has 2 aromatic heterocycles. The van der Waals surface area contributed by atoms with Crippen LogP contribution in [0.4, 0.5) is 17.6 Å². The van der Waals surface area contributed by atoms with Gasteiger partial charge in [0.2, 0.25) is 11.9 Å². The minimum Gasteiger partial charge on any atom is -0.390 e. The number of nitrogens with one attached hydrogen (secondary N) is 1. The summed E-state index contributed by atoms with van der Waals surface area (Å²) < 4.78 is 47.2. The number of hydrogen-bond acceptors (Lipinski definition) is 15. The molecule has 0 aromatic carbocycles. The lowest BCUT2D eigenvalue weighted by atomic mass is 10.1. The van der Waals surface area contributed by atoms with E-state index in [2.05, 4.69) is 24.9 Å². The molecule has 7 atom stereocenters. The third kappa shape index (κ3) is 7.52. The van der Waals surface area contributed by atoms with Crippen molar-refractivity contribution in [2.45, 2.75) is 56.0 Å². The van der Waals surface area contributed by atoms with Crippen LogP contribution < -0.4 is 28.5 Å². The summed E-state index contributed by atoms with van der Waals surface area (Å²) in [6.45, 7) is -0.354. The molecule has 0 radical (unpaired) electrons. The van der Waals surface area contributed by atoms with Gasteiger partial charge >= 0.3 is 13.5 Å². The topological polar surface area (TPSA) is 277 Å². The Morgan fingerprint density at radius 3 is 2.63 bits per heavy atom. The van der Waals surface area contributed by atoms with Crippen molar-refractivity contribution in [2.24, 2.45) is 10.7 Å². The monoisotopic (exact) mass is 601 g/mol. The molecular weight excluding hydrogens is 569 g/mol. The van der Waals surface area contributed by atoms with Crippen molar-refractivity contribution < 1.29 is 37.5 Å². The Kier molecular flexibility index (Phi) is 9.82. The number of hydrogen-bond donors (Lipinski definition) is 5. The standard InChI is InChI=1S/C21H32N9O10P/c1-35-6-14-13(4-10(38-14)3-11-17(25-8-22)18(31)28-20(24)27-11)40-41(33,34)37-7-15-12(36-2)5-16(39-15)30-9-26-19(23)29-21(30)32/h8-10,12-16H,3-7H2,1-2H3,(H2,22,25)(H,33,34)(H2,23,29,32)(H3,24,27,28,31)/t10-,12+,13+,14?,15?,16+/m0/s1. The van der Waals surface area contributed by atoms with Crippen LogP contribution in [0.15, 0.2) is 20.9 Å². The number of phosphoric ester groups is 1. The fourth-order valence-corrected chi connectivity index (χ4v) is 5.60. The summed E-state index contributed by atoms with van der Waals surface area (Å²) in [5.74, 6) is -0.300. The Labute approximate surface area is 232 Å². The number of phosphoric acid groups is 1. The first-order valence-electron chi connectivity index (χ1n) is 12.4. The molecule has 3 unspecified atom stereocenters. The van der Waals surface area contributed by atoms with Crippen LogP contribution in [-0.4, -0.2) is 93.7 Å². The molecule has 20 heteroatoms. The molecule has 4 rings (SSSR count). The van der Waals surface area contributed by atoms with Crippen LogP contribution in [0.3, 0.4) is 0 Å². The molecule has 226 valence electrons. The lowest BCUT2D eigenvalue weighted by Gasteiger charge is -2.23. The van der Waals surface area contributed by atoms with E-state index < -0.39 is 62.4 Å². The zero-order valence-electron chi connectivity index (χ0n) is 22.2. The van der Waals surface area contributed by atoms with Gasteiger partial charge in [0.1, 0.15) is 30.9 Å². The van der Waals surface area contributed by atoms with Crippen LogP contribution >= 0.6 is 7.82 Å². The molecule has 2 aliphatic heterocycles. The van der Waals surface area contributed by atoms with E-state index in [0.717, 1.165) is 10.9 Å². The van der Waals surface area contributed by atoms with Gasteiger partial charge in [-0.15, -0.1) is 0 Å². The number of nitrogens with zero attached hydrogens (tertiary/aromatic N) is 5. The van der Waals surface area contributed by atoms with Gasteiger partial charge < -0.3 is 41.0 Å². The maximum Gasteiger partial charge on any atom is 0.472 e. The maximum absolute atomic E-state index is 12.9. The van der Waals surface area contributed by atoms with Gasteiger partial charge in [-0.3, -0.25) is 23.4 Å². The molecule has 19 nitrogen and oxygen atoms in total. The molecule has 2 fully saturated rings. The van der Waals surface area contributed by atoms with E-state index in [0.29, 0.717) is 0 Å². The van der Waals surface area contributed by atoms with E-state index in [1.54, 1.807) is 0 Å². The molecule has 8 N–H and O–H groups in total. The van der Waals surface area contributed by atoms with Crippen molar-refractivity contribution in [3.05, 3.63) is 32.9 Å². The molecule has 0 bridgehead atoms. The zero-order chi connectivity index (χ0) is 29.7. The van der Waals surface area contributed by atoms with Gasteiger partial charge in [0, 0.05) is 33.5 Å². The van der Waals surface area contributed by atoms with Gasteiger partial charge in [0.05, 0.1) is 37.5 Å². The van der Waals surface area contributed by atoms with Gasteiger partial charge in [0.25, 0.3) is 5.56 Å². The number of aliphatic imine (C=N–C) groups is 1. The van der Waals surface area contributed by atoms with Crippen LogP contribution in [0, 0.1) is 0 Å². The van der Waals surface area contributed by atoms with Crippen molar-refractivity contribution in [3.63, 3.8) is 0 Å². The summed E-state index contributed by atoms with van der Waals surface area (Å²) in [6, 6.07) is 0. The molecule has 0 spiro atoms. The quantitative estimate of drug-likeness (QED) is 0.104. The molecule has 0 aliphatic carbocycles. The average molecular weight is 602 g/mol. The Morgan fingerprint density at radius 2 is 1.95 bits per heavy atom. The first-order valence-corrected chi connectivity index (χ1v) is 13.8. The number of aromatic amines is 1. The highest BCUT2D eigenvalue weighted by atomic mass is 31.2. The van der Waals surface area contributed by atoms with Gasteiger partial charge in [-0.25, -0.2) is 24.3 Å². The van der Waals surface area contributed by atoms with Crippen molar-refractivity contribution in [1.29, 1.82) is 0 Å². The van der Waals surface area contributed by atoms with Crippen LogP contribution in [0.1, 0.15) is 24.8 Å². The van der Waals surface area contributed by atoms with E-state index in [-0.39, 0.29) is 49.1 Å². The van der Waals surface area contributed by atoms with Gasteiger partial charge in [-0.2, -0.15) is 4.98 Å². The molecule has 41 heavy (non-hydrogen) atoms. The molecular formula is C21H32N9O10P. The van der Waals surface area contributed by atoms with Crippen molar-refractivity contribution in [3.8, 4) is 0 Å². The molecule has 2 saturated heterocycles. The van der Waals surface area contributed by atoms with E-state index >= 15 is 0 Å². The summed E-state index contributed by atoms with van der Waals surface area (Å²) in [5, 5.41) is 0. The lowest BCUT2D eigenvalue weighted by Crippen LogP contribution is -2.30. The second-order valence-corrected chi connectivity index (χ2v) is 10.6. The third-order valence-electron chi connectivity index (χ3n) is 6.43. The van der Waals surface area contributed by atoms with E-state index in [9.17, 15) is 19.0 Å². The average Bonchev–Trinajstić information content (AvgIpc) is 3.48. The predicted molar refractivity (Wildman–Crippen MR) is 141 cm³/mol. The van der Waals surface area contributed by atoms with Gasteiger partial charge in [-0.1, -0.05) is 0 Å². The highest BCUT2D eigenvalue weighted by molar-refractivity contribution is 7.47. The van der Waals surface area contributed by atoms with Crippen molar-refractivity contribution >= 4 is 31.7 Å². The first kappa shape index (κ1) is 30.7. The number of ether oxygens (including phenoxy) is 4. The molecule has 2 aliphatic rings. The van der Waals surface area contributed by atoms with Crippen LogP contribution in [0.2, 0.25) is 0 Å². The normalized spacial score (nSPS) is 27.9. The smallest absolute Gasteiger partial charge is 0.390 e. The Hall–Kier alpha value is -3.29. The highest BCUT2D eigenvalue weighted by Gasteiger charge is 2.43. The lowest BCUT2D eigenvalue weighted by molar-refractivity contribution is -0.0602. The Bertz CT molecular complexity index is 1400. The number of methoxy groups -OCH3 is 2. The number of anilines is 2. The first-order chi connectivity index (χ1) is 19.5. The molecule has 2 aromatic rings. The Morgan fingerprint density at radius 1 is 1.20 bits per heavy atom. The van der Waals surface area contributed by atoms with Gasteiger partial charge in [-0.05, 0) is 0 Å². The SMILES string of the molecule is COCC1O[C@@H](Cc2nc(N)[nH]c(=O)c2/N=C\N)C[C@H]1OP(=O)(O)OCC1O[C@@H](n2cnc(N)nc2=O)C[C@H]1OC. The Balaban J connectivity index is 1.40. The second-order valence-electron chi connectivity index (χ2n) is 9.17. The van der Waals surface area contributed by atoms with E-state index in [1.165, 1.54) is 20.5 Å². The van der Waals surface area contributed by atoms with Crippen LogP contribution in [0.25, 0.3) is 0 Å². The molecule has 4 heterocycles. The zero-order valence-corrected chi connectivity index (χ0v) is 23.1. The number of H-pyrrole nitrogens is 1. The number of nitrogens with two attached hydrogens (primary N) is 3. The largest absolute Gasteiger partial charge is 0.472 e. The highest BCUT2D eigenvalue weighted by Crippen LogP contribution is 2.48. The van der Waals surface area contributed by atoms with Crippen molar-refractivity contribution in [1.82, 2.24) is 24.5 Å². The summed E-state index contributed by atoms with van der Waals surface area (Å²) in [4.78, 5) is 52.6. The fourth-order valence-electron chi connectivity index (χ4n) is 4.64. The predicted octanol–water partition coefficient (Wildman–Crippen LogP) is -1.64. The van der Waals surface area contributed by atoms with E-state index in [4.69, 9.17) is 45.2 Å². The second kappa shape index (κ2) is 13.1. The maximum atomic E-state index is 12.9. The fraction of sp³-hybridized carbons (Fsp3) is 0.619. The van der Waals surface area contributed by atoms with Crippen LogP contribution in [0.5, 0.6) is 0 Å². The molecule has 0 amide bonds. The summed E-state index contributed by atoms with van der Waals surface area (Å²) in [6.07, 6.45) is -1.90. The number of aromatic nitrogens is 5. The number of nitrogen functional groups attached to an aromatic ring is 2. The summed E-state index contributed by atoms with van der Waals surface area (Å²) >= 11 is 0. The minimum atomic E-state index is -4.66. The molecule has 0 saturated carbocycles. The summed E-state index contributed by atoms with van der Waals surface area (Å²) in [5.41, 5.74) is 15.4. The minimum absolute atomic E-state index is 0.0375. The van der Waals surface area contributed by atoms with Crippen LogP contribution in [-0.2, 0) is 39.0 Å². The third-order valence-corrected chi connectivity index (χ3v) is 7.44.